The molecule has 1 fully saturated rings. The molecule has 2 aromatic rings. The predicted molar refractivity (Wildman–Crippen MR) is 82.3 cm³/mol. The third-order valence-electron chi connectivity index (χ3n) is 4.01. The Kier molecular flexibility index (Phi) is 3.64. The minimum absolute atomic E-state index is 0.0184. The molecular formula is C16H20N4O. The average Bonchev–Trinajstić information content (AvgIpc) is 2.97. The number of nitrogen functional groups attached to an aromatic ring is 1. The van der Waals surface area contributed by atoms with Gasteiger partial charge in [0.1, 0.15) is 0 Å². The van der Waals surface area contributed by atoms with E-state index in [1.165, 1.54) is 6.42 Å². The number of hydrogen-bond acceptors (Lipinski definition) is 3. The molecular weight excluding hydrogens is 264 g/mol. The van der Waals surface area contributed by atoms with Crippen molar-refractivity contribution in [2.24, 2.45) is 0 Å². The molecule has 0 radical (unpaired) electrons. The van der Waals surface area contributed by atoms with Gasteiger partial charge >= 0.3 is 0 Å². The van der Waals surface area contributed by atoms with Crippen LogP contribution in [0, 0.1) is 0 Å². The Balaban J connectivity index is 1.83. The highest BCUT2D eigenvalue weighted by Crippen LogP contribution is 2.19. The van der Waals surface area contributed by atoms with Gasteiger partial charge in [-0.05, 0) is 50.5 Å². The summed E-state index contributed by atoms with van der Waals surface area (Å²) in [5, 5.41) is 4.40. The highest BCUT2D eigenvalue weighted by atomic mass is 16.2. The summed E-state index contributed by atoms with van der Waals surface area (Å²) in [4.78, 5) is 14.5. The molecule has 3 rings (SSSR count). The molecule has 1 saturated heterocycles. The van der Waals surface area contributed by atoms with Gasteiger partial charge in [-0.2, -0.15) is 5.10 Å². The van der Waals surface area contributed by atoms with Gasteiger partial charge in [0.15, 0.2) is 5.69 Å². The Morgan fingerprint density at radius 2 is 2.19 bits per heavy atom. The molecule has 110 valence electrons. The van der Waals surface area contributed by atoms with Crippen molar-refractivity contribution in [2.75, 3.05) is 12.3 Å². The number of carbonyl (C=O) groups excluding carboxylic acids is 1. The molecule has 0 bridgehead atoms. The fourth-order valence-corrected chi connectivity index (χ4v) is 2.80. The smallest absolute Gasteiger partial charge is 0.274 e. The number of hydrogen-bond donors (Lipinski definition) is 1. The van der Waals surface area contributed by atoms with Crippen molar-refractivity contribution in [1.82, 2.24) is 14.7 Å². The van der Waals surface area contributed by atoms with Gasteiger partial charge < -0.3 is 10.6 Å². The zero-order valence-electron chi connectivity index (χ0n) is 12.2. The zero-order valence-corrected chi connectivity index (χ0v) is 12.2. The Morgan fingerprint density at radius 3 is 2.95 bits per heavy atom. The van der Waals surface area contributed by atoms with E-state index < -0.39 is 0 Å². The van der Waals surface area contributed by atoms with Crippen LogP contribution in [0.15, 0.2) is 36.5 Å². The minimum atomic E-state index is 0.0184. The lowest BCUT2D eigenvalue weighted by atomic mass is 10.0. The summed E-state index contributed by atoms with van der Waals surface area (Å²) in [6.07, 6.45) is 5.15. The fraction of sp³-hybridized carbons (Fsp3) is 0.375. The second kappa shape index (κ2) is 5.60. The van der Waals surface area contributed by atoms with Crippen molar-refractivity contribution in [2.45, 2.75) is 32.2 Å². The molecule has 21 heavy (non-hydrogen) atoms. The van der Waals surface area contributed by atoms with Crippen LogP contribution in [0.1, 0.15) is 36.7 Å². The average molecular weight is 284 g/mol. The summed E-state index contributed by atoms with van der Waals surface area (Å²) in [6.45, 7) is 2.93. The Hall–Kier alpha value is -2.30. The molecule has 5 nitrogen and oxygen atoms in total. The van der Waals surface area contributed by atoms with E-state index in [0.29, 0.717) is 17.4 Å². The van der Waals surface area contributed by atoms with E-state index >= 15 is 0 Å². The summed E-state index contributed by atoms with van der Waals surface area (Å²) in [5.41, 5.74) is 7.82. The van der Waals surface area contributed by atoms with E-state index in [-0.39, 0.29) is 5.91 Å². The highest BCUT2D eigenvalue weighted by molar-refractivity contribution is 5.92. The maximum Gasteiger partial charge on any atom is 0.274 e. The number of aromatic nitrogens is 2. The number of anilines is 1. The van der Waals surface area contributed by atoms with E-state index in [2.05, 4.69) is 12.0 Å². The lowest BCUT2D eigenvalue weighted by molar-refractivity contribution is 0.0629. The number of amides is 1. The summed E-state index contributed by atoms with van der Waals surface area (Å²) in [5.74, 6) is 0.0184. The standard InChI is InChI=1S/C16H20N4O/c1-12-5-2-3-9-19(12)16(21)15-8-10-20(18-15)14-7-4-6-13(17)11-14/h4,6-8,10-12H,2-3,5,9,17H2,1H3. The molecule has 1 aliphatic rings. The molecule has 1 amide bonds. The van der Waals surface area contributed by atoms with Gasteiger partial charge in [-0.3, -0.25) is 4.79 Å². The number of piperidine rings is 1. The minimum Gasteiger partial charge on any atom is -0.399 e. The van der Waals surface area contributed by atoms with E-state index in [4.69, 9.17) is 5.73 Å². The van der Waals surface area contributed by atoms with Crippen LogP contribution in [0.2, 0.25) is 0 Å². The van der Waals surface area contributed by atoms with Gasteiger partial charge in [0, 0.05) is 24.5 Å². The molecule has 1 aromatic heterocycles. The van der Waals surface area contributed by atoms with E-state index in [1.807, 2.05) is 29.2 Å². The van der Waals surface area contributed by atoms with Gasteiger partial charge in [-0.1, -0.05) is 6.07 Å². The van der Waals surface area contributed by atoms with Gasteiger partial charge in [-0.25, -0.2) is 4.68 Å². The van der Waals surface area contributed by atoms with Crippen LogP contribution >= 0.6 is 0 Å². The van der Waals surface area contributed by atoms with Gasteiger partial charge in [-0.15, -0.1) is 0 Å². The number of likely N-dealkylation sites (tertiary alicyclic amines) is 1. The van der Waals surface area contributed by atoms with Crippen LogP contribution in [0.5, 0.6) is 0 Å². The van der Waals surface area contributed by atoms with E-state index in [1.54, 1.807) is 16.9 Å². The van der Waals surface area contributed by atoms with Crippen molar-refractivity contribution < 1.29 is 4.79 Å². The number of nitrogens with zero attached hydrogens (tertiary/aromatic N) is 3. The normalized spacial score (nSPS) is 18.7. The molecule has 1 atom stereocenters. The summed E-state index contributed by atoms with van der Waals surface area (Å²) < 4.78 is 1.69. The second-order valence-corrected chi connectivity index (χ2v) is 5.58. The summed E-state index contributed by atoms with van der Waals surface area (Å²) in [6, 6.07) is 9.53. The Labute approximate surface area is 124 Å². The van der Waals surface area contributed by atoms with Gasteiger partial charge in [0.2, 0.25) is 0 Å². The van der Waals surface area contributed by atoms with Crippen LogP contribution in [0.25, 0.3) is 5.69 Å². The molecule has 1 aliphatic heterocycles. The monoisotopic (exact) mass is 284 g/mol. The van der Waals surface area contributed by atoms with Crippen LogP contribution in [-0.4, -0.2) is 33.2 Å². The second-order valence-electron chi connectivity index (χ2n) is 5.58. The van der Waals surface area contributed by atoms with Crippen molar-refractivity contribution in [3.05, 3.63) is 42.2 Å². The van der Waals surface area contributed by atoms with Gasteiger partial charge in [0.05, 0.1) is 5.69 Å². The van der Waals surface area contributed by atoms with E-state index in [9.17, 15) is 4.79 Å². The Morgan fingerprint density at radius 1 is 1.33 bits per heavy atom. The first-order valence-electron chi connectivity index (χ1n) is 7.38. The maximum atomic E-state index is 12.5. The molecule has 2 N–H and O–H groups in total. The van der Waals surface area contributed by atoms with Crippen LogP contribution in [0.4, 0.5) is 5.69 Å². The maximum absolute atomic E-state index is 12.5. The first-order valence-corrected chi connectivity index (χ1v) is 7.38. The largest absolute Gasteiger partial charge is 0.399 e. The quantitative estimate of drug-likeness (QED) is 0.862. The van der Waals surface area contributed by atoms with Crippen LogP contribution in [-0.2, 0) is 0 Å². The molecule has 0 spiro atoms. The van der Waals surface area contributed by atoms with Crippen molar-refractivity contribution in [1.29, 1.82) is 0 Å². The highest BCUT2D eigenvalue weighted by Gasteiger charge is 2.25. The molecule has 0 aliphatic carbocycles. The SMILES string of the molecule is CC1CCCCN1C(=O)c1ccn(-c2cccc(N)c2)n1. The van der Waals surface area contributed by atoms with Gasteiger partial charge in [0.25, 0.3) is 5.91 Å². The number of benzene rings is 1. The topological polar surface area (TPSA) is 64.2 Å². The molecule has 2 heterocycles. The summed E-state index contributed by atoms with van der Waals surface area (Å²) in [7, 11) is 0. The molecule has 1 unspecified atom stereocenters. The van der Waals surface area contributed by atoms with Crippen LogP contribution < -0.4 is 5.73 Å². The van der Waals surface area contributed by atoms with E-state index in [0.717, 1.165) is 25.1 Å². The van der Waals surface area contributed by atoms with Crippen LogP contribution in [0.3, 0.4) is 0 Å². The first-order chi connectivity index (χ1) is 10.1. The first kappa shape index (κ1) is 13.7. The van der Waals surface area contributed by atoms with Crippen molar-refractivity contribution in [3.63, 3.8) is 0 Å². The lowest BCUT2D eigenvalue weighted by Crippen LogP contribution is -2.42. The Bertz CT molecular complexity index is 649. The number of rotatable bonds is 2. The zero-order chi connectivity index (χ0) is 14.8. The number of carbonyl (C=O) groups is 1. The third kappa shape index (κ3) is 2.77. The van der Waals surface area contributed by atoms with Crippen molar-refractivity contribution in [3.8, 4) is 5.69 Å². The number of nitrogens with two attached hydrogens (primary N) is 1. The van der Waals surface area contributed by atoms with Crippen molar-refractivity contribution >= 4 is 11.6 Å². The predicted octanol–water partition coefficient (Wildman–Crippen LogP) is 2.47. The molecule has 1 aromatic carbocycles. The molecule has 5 heteroatoms. The fourth-order valence-electron chi connectivity index (χ4n) is 2.80. The molecule has 0 saturated carbocycles. The third-order valence-corrected chi connectivity index (χ3v) is 4.01. The summed E-state index contributed by atoms with van der Waals surface area (Å²) >= 11 is 0. The lowest BCUT2D eigenvalue weighted by Gasteiger charge is -2.32.